The largest absolute Gasteiger partial charge is 0.398 e. The molecule has 0 aliphatic carbocycles. The minimum absolute atomic E-state index is 0. The Bertz CT molecular complexity index is 320. The normalized spacial score (nSPS) is 8.36. The Labute approximate surface area is 93.4 Å². The van der Waals surface area contributed by atoms with Gasteiger partial charge in [-0.05, 0) is 6.07 Å². The minimum atomic E-state index is -0.488. The van der Waals surface area contributed by atoms with Crippen molar-refractivity contribution >= 4 is 36.2 Å². The predicted octanol–water partition coefficient (Wildman–Crippen LogP) is 1.48. The number of anilines is 1. The van der Waals surface area contributed by atoms with Gasteiger partial charge in [-0.25, -0.2) is 0 Å². The molecule has 1 rings (SSSR count). The summed E-state index contributed by atoms with van der Waals surface area (Å²) in [4.78, 5) is 9.94. The maximum Gasteiger partial charge on any atom is 0.275 e. The van der Waals surface area contributed by atoms with Crippen molar-refractivity contribution in [2.24, 2.45) is 5.73 Å². The van der Waals surface area contributed by atoms with Crippen molar-refractivity contribution in [1.29, 1.82) is 0 Å². The first-order valence-electron chi connectivity index (χ1n) is 3.38. The molecule has 1 aromatic rings. The Morgan fingerprint density at radius 2 is 1.93 bits per heavy atom. The Morgan fingerprint density at radius 3 is 2.29 bits per heavy atom. The molecule has 0 saturated heterocycles. The van der Waals surface area contributed by atoms with Gasteiger partial charge < -0.3 is 11.5 Å². The molecule has 0 heterocycles. The first kappa shape index (κ1) is 15.4. The van der Waals surface area contributed by atoms with E-state index in [9.17, 15) is 10.1 Å². The molecule has 0 aliphatic rings. The van der Waals surface area contributed by atoms with E-state index in [2.05, 4.69) is 0 Å². The quantitative estimate of drug-likeness (QED) is 0.465. The number of nitrogens with zero attached hydrogens (tertiary/aromatic N) is 1. The number of nitrogen functional groups attached to an aromatic ring is 1. The van der Waals surface area contributed by atoms with Crippen LogP contribution in [0.15, 0.2) is 18.2 Å². The van der Waals surface area contributed by atoms with E-state index in [4.69, 9.17) is 11.5 Å². The van der Waals surface area contributed by atoms with Crippen molar-refractivity contribution in [3.05, 3.63) is 33.9 Å². The average Bonchev–Trinajstić information content (AvgIpc) is 2.03. The molecule has 0 spiro atoms. The van der Waals surface area contributed by atoms with E-state index >= 15 is 0 Å². The zero-order valence-electron chi connectivity index (χ0n) is 7.17. The fraction of sp³-hybridized carbons (Fsp3) is 0.143. The van der Waals surface area contributed by atoms with Gasteiger partial charge in [-0.2, -0.15) is 0 Å². The van der Waals surface area contributed by atoms with Crippen molar-refractivity contribution in [2.75, 3.05) is 5.73 Å². The van der Waals surface area contributed by atoms with Gasteiger partial charge in [0.05, 0.1) is 10.5 Å². The highest BCUT2D eigenvalue weighted by atomic mass is 35.5. The van der Waals surface area contributed by atoms with Gasteiger partial charge >= 0.3 is 0 Å². The molecule has 0 radical (unpaired) electrons. The topological polar surface area (TPSA) is 95.2 Å². The first-order valence-corrected chi connectivity index (χ1v) is 3.38. The maximum absolute atomic E-state index is 10.4. The zero-order valence-corrected chi connectivity index (χ0v) is 8.81. The van der Waals surface area contributed by atoms with Crippen molar-refractivity contribution in [3.8, 4) is 0 Å². The lowest BCUT2D eigenvalue weighted by Gasteiger charge is -2.02. The molecular weight excluding hydrogens is 229 g/mol. The second-order valence-electron chi connectivity index (χ2n) is 2.31. The average molecular weight is 240 g/mol. The van der Waals surface area contributed by atoms with Crippen LogP contribution < -0.4 is 11.5 Å². The second kappa shape index (κ2) is 6.42. The highest BCUT2D eigenvalue weighted by molar-refractivity contribution is 5.85. The van der Waals surface area contributed by atoms with E-state index in [0.717, 1.165) is 0 Å². The van der Waals surface area contributed by atoms with Crippen LogP contribution in [0.1, 0.15) is 5.56 Å². The Kier molecular flexibility index (Phi) is 7.08. The van der Waals surface area contributed by atoms with E-state index < -0.39 is 4.92 Å². The fourth-order valence-corrected chi connectivity index (χ4v) is 0.985. The lowest BCUT2D eigenvalue weighted by Crippen LogP contribution is -2.05. The van der Waals surface area contributed by atoms with Crippen LogP contribution in [0, 0.1) is 10.1 Å². The van der Waals surface area contributed by atoms with E-state index in [1.54, 1.807) is 6.07 Å². The summed E-state index contributed by atoms with van der Waals surface area (Å²) in [6, 6.07) is 4.51. The molecule has 0 atom stereocenters. The van der Waals surface area contributed by atoms with Gasteiger partial charge in [-0.1, -0.05) is 6.07 Å². The minimum Gasteiger partial charge on any atom is -0.398 e. The lowest BCUT2D eigenvalue weighted by molar-refractivity contribution is -0.385. The molecule has 0 aliphatic heterocycles. The third-order valence-electron chi connectivity index (χ3n) is 1.59. The third-order valence-corrected chi connectivity index (χ3v) is 1.59. The van der Waals surface area contributed by atoms with Gasteiger partial charge in [0.15, 0.2) is 0 Å². The molecule has 0 aromatic heterocycles. The number of hydrogen-bond donors (Lipinski definition) is 2. The summed E-state index contributed by atoms with van der Waals surface area (Å²) >= 11 is 0. The summed E-state index contributed by atoms with van der Waals surface area (Å²) in [7, 11) is 0. The van der Waals surface area contributed by atoms with Gasteiger partial charge in [-0.15, -0.1) is 24.8 Å². The van der Waals surface area contributed by atoms with Crippen LogP contribution in [0.4, 0.5) is 11.4 Å². The van der Waals surface area contributed by atoms with Crippen LogP contribution in [0.3, 0.4) is 0 Å². The second-order valence-corrected chi connectivity index (χ2v) is 2.31. The van der Waals surface area contributed by atoms with E-state index in [1.165, 1.54) is 12.1 Å². The zero-order chi connectivity index (χ0) is 9.14. The molecule has 7 heteroatoms. The van der Waals surface area contributed by atoms with Crippen LogP contribution in [0.2, 0.25) is 0 Å². The monoisotopic (exact) mass is 239 g/mol. The van der Waals surface area contributed by atoms with Gasteiger partial charge in [0.1, 0.15) is 0 Å². The van der Waals surface area contributed by atoms with Gasteiger partial charge in [0, 0.05) is 18.3 Å². The highest BCUT2D eigenvalue weighted by Gasteiger charge is 2.13. The number of halogens is 2. The Hall–Kier alpha value is -1.04. The van der Waals surface area contributed by atoms with Crippen molar-refractivity contribution in [2.45, 2.75) is 6.54 Å². The Morgan fingerprint density at radius 1 is 1.36 bits per heavy atom. The molecule has 1 aromatic carbocycles. The SMILES string of the molecule is Cl.Cl.NCc1c(N)cccc1[N+](=O)[O-]. The summed E-state index contributed by atoms with van der Waals surface area (Å²) in [6.45, 7) is 0.0863. The highest BCUT2D eigenvalue weighted by Crippen LogP contribution is 2.22. The molecule has 4 N–H and O–H groups in total. The molecule has 5 nitrogen and oxygen atoms in total. The predicted molar refractivity (Wildman–Crippen MR) is 59.9 cm³/mol. The Balaban J connectivity index is 0. The van der Waals surface area contributed by atoms with E-state index in [1.807, 2.05) is 0 Å². The van der Waals surface area contributed by atoms with Crippen LogP contribution in [-0.2, 0) is 6.54 Å². The molecule has 0 unspecified atom stereocenters. The molecule has 14 heavy (non-hydrogen) atoms. The number of hydrogen-bond acceptors (Lipinski definition) is 4. The number of nitro groups is 1. The smallest absolute Gasteiger partial charge is 0.275 e. The summed E-state index contributed by atoms with van der Waals surface area (Å²) in [6.07, 6.45) is 0. The van der Waals surface area contributed by atoms with Crippen LogP contribution in [0.25, 0.3) is 0 Å². The molecule has 80 valence electrons. The number of nitrogens with two attached hydrogens (primary N) is 2. The first-order chi connectivity index (χ1) is 5.66. The van der Waals surface area contributed by atoms with Crippen molar-refractivity contribution < 1.29 is 4.92 Å². The standard InChI is InChI=1S/C7H9N3O2.2ClH/c8-4-5-6(9)2-1-3-7(5)10(11)12;;/h1-3H,4,8-9H2;2*1H. The number of benzene rings is 1. The molecule has 0 fully saturated rings. The van der Waals surface area contributed by atoms with Crippen molar-refractivity contribution in [1.82, 2.24) is 0 Å². The number of nitro benzene ring substituents is 1. The van der Waals surface area contributed by atoms with E-state index in [0.29, 0.717) is 11.3 Å². The molecule has 0 amide bonds. The fourth-order valence-electron chi connectivity index (χ4n) is 0.985. The summed E-state index contributed by atoms with van der Waals surface area (Å²) < 4.78 is 0. The maximum atomic E-state index is 10.4. The third kappa shape index (κ3) is 3.02. The van der Waals surface area contributed by atoms with Crippen molar-refractivity contribution in [3.63, 3.8) is 0 Å². The molecule has 0 bridgehead atoms. The molecule has 0 saturated carbocycles. The summed E-state index contributed by atoms with van der Waals surface area (Å²) in [5, 5.41) is 10.4. The number of rotatable bonds is 2. The van der Waals surface area contributed by atoms with Crippen LogP contribution in [-0.4, -0.2) is 4.92 Å². The van der Waals surface area contributed by atoms with Crippen LogP contribution in [0.5, 0.6) is 0 Å². The van der Waals surface area contributed by atoms with E-state index in [-0.39, 0.29) is 37.0 Å². The van der Waals surface area contributed by atoms with Gasteiger partial charge in [-0.3, -0.25) is 10.1 Å². The van der Waals surface area contributed by atoms with Gasteiger partial charge in [0.2, 0.25) is 0 Å². The van der Waals surface area contributed by atoms with Crippen LogP contribution >= 0.6 is 24.8 Å². The lowest BCUT2D eigenvalue weighted by atomic mass is 10.1. The van der Waals surface area contributed by atoms with Gasteiger partial charge in [0.25, 0.3) is 5.69 Å². The summed E-state index contributed by atoms with van der Waals surface area (Å²) in [5.41, 5.74) is 11.5. The summed E-state index contributed by atoms with van der Waals surface area (Å²) in [5.74, 6) is 0. The molecular formula is C7H11Cl2N3O2.